The van der Waals surface area contributed by atoms with E-state index < -0.39 is 0 Å². The molecule has 2 aromatic heterocycles. The van der Waals surface area contributed by atoms with Gasteiger partial charge in [0.25, 0.3) is 5.95 Å². The normalized spacial score (nSPS) is 10.5. The number of methoxy groups -OCH3 is 1. The van der Waals surface area contributed by atoms with E-state index in [4.69, 9.17) is 4.74 Å². The molecule has 0 aliphatic rings. The van der Waals surface area contributed by atoms with Crippen molar-refractivity contribution in [3.8, 4) is 17.0 Å². The molecule has 0 saturated carbocycles. The summed E-state index contributed by atoms with van der Waals surface area (Å²) in [4.78, 5) is 20.6. The summed E-state index contributed by atoms with van der Waals surface area (Å²) in [7, 11) is 1.61. The molecular formula is C21H18N6O2. The number of hydrogen-bond donors (Lipinski definition) is 2. The van der Waals surface area contributed by atoms with Crippen molar-refractivity contribution in [3.63, 3.8) is 0 Å². The standard InChI is InChI=1S/C21H18N6O2/c1-29-17-7-5-15(6-8-17)19-13-23-21(26-24-19)27-25-20(28)12-14-4-9-18-16(11-14)3-2-10-22-18/h2-11,13H,12H2,1H3,(H,25,28)(H,23,26,27). The van der Waals surface area contributed by atoms with Crippen LogP contribution >= 0.6 is 0 Å². The Kier molecular flexibility index (Phi) is 5.24. The fraction of sp³-hybridized carbons (Fsp3) is 0.0952. The number of anilines is 1. The second-order valence-electron chi connectivity index (χ2n) is 6.28. The average molecular weight is 386 g/mol. The molecule has 4 rings (SSSR count). The van der Waals surface area contributed by atoms with Crippen LogP contribution in [-0.2, 0) is 11.2 Å². The Bertz CT molecular complexity index is 1130. The number of carbonyl (C=O) groups excluding carboxylic acids is 1. The molecule has 0 fully saturated rings. The highest BCUT2D eigenvalue weighted by Gasteiger charge is 2.07. The Hall–Kier alpha value is -4.07. The van der Waals surface area contributed by atoms with Gasteiger partial charge in [0, 0.05) is 17.1 Å². The van der Waals surface area contributed by atoms with Crippen LogP contribution in [0.5, 0.6) is 5.75 Å². The number of carbonyl (C=O) groups is 1. The van der Waals surface area contributed by atoms with Gasteiger partial charge in [-0.3, -0.25) is 20.6 Å². The third kappa shape index (κ3) is 4.44. The molecule has 4 aromatic rings. The number of ether oxygens (including phenoxy) is 1. The molecule has 1 amide bonds. The van der Waals surface area contributed by atoms with Crippen LogP contribution in [0.25, 0.3) is 22.2 Å². The third-order valence-corrected chi connectivity index (χ3v) is 4.29. The zero-order valence-electron chi connectivity index (χ0n) is 15.7. The topological polar surface area (TPSA) is 102 Å². The van der Waals surface area contributed by atoms with Crippen LogP contribution in [0.1, 0.15) is 5.56 Å². The van der Waals surface area contributed by atoms with Crippen molar-refractivity contribution in [2.75, 3.05) is 12.5 Å². The monoisotopic (exact) mass is 386 g/mol. The highest BCUT2D eigenvalue weighted by Crippen LogP contribution is 2.19. The van der Waals surface area contributed by atoms with Gasteiger partial charge in [-0.2, -0.15) is 0 Å². The molecule has 2 heterocycles. The SMILES string of the molecule is COc1ccc(-c2cnc(NNC(=O)Cc3ccc4ncccc4c3)nn2)cc1. The first-order valence-corrected chi connectivity index (χ1v) is 8.94. The highest BCUT2D eigenvalue weighted by molar-refractivity contribution is 5.83. The van der Waals surface area contributed by atoms with Gasteiger partial charge >= 0.3 is 0 Å². The van der Waals surface area contributed by atoms with Gasteiger partial charge in [-0.25, -0.2) is 4.98 Å². The van der Waals surface area contributed by atoms with E-state index in [-0.39, 0.29) is 18.3 Å². The Morgan fingerprint density at radius 2 is 1.90 bits per heavy atom. The molecule has 2 N–H and O–H groups in total. The first kappa shape index (κ1) is 18.3. The lowest BCUT2D eigenvalue weighted by Gasteiger charge is -2.08. The van der Waals surface area contributed by atoms with Gasteiger partial charge in [0.15, 0.2) is 0 Å². The molecule has 0 unspecified atom stereocenters. The second-order valence-corrected chi connectivity index (χ2v) is 6.28. The van der Waals surface area contributed by atoms with Crippen LogP contribution < -0.4 is 15.6 Å². The maximum atomic E-state index is 12.2. The summed E-state index contributed by atoms with van der Waals surface area (Å²) in [6.45, 7) is 0. The number of hydrogen-bond acceptors (Lipinski definition) is 7. The molecule has 0 atom stereocenters. The number of benzene rings is 2. The lowest BCUT2D eigenvalue weighted by Crippen LogP contribution is -2.31. The maximum absolute atomic E-state index is 12.2. The predicted octanol–water partition coefficient (Wildman–Crippen LogP) is 2.78. The molecule has 0 bridgehead atoms. The van der Waals surface area contributed by atoms with E-state index in [9.17, 15) is 4.79 Å². The summed E-state index contributed by atoms with van der Waals surface area (Å²) in [6.07, 6.45) is 3.54. The van der Waals surface area contributed by atoms with E-state index in [0.29, 0.717) is 5.69 Å². The molecule has 0 radical (unpaired) electrons. The third-order valence-electron chi connectivity index (χ3n) is 4.29. The summed E-state index contributed by atoms with van der Waals surface area (Å²) >= 11 is 0. The average Bonchev–Trinajstić information content (AvgIpc) is 2.78. The van der Waals surface area contributed by atoms with Crippen molar-refractivity contribution in [1.82, 2.24) is 25.6 Å². The van der Waals surface area contributed by atoms with Gasteiger partial charge in [-0.05, 0) is 48.0 Å². The van der Waals surface area contributed by atoms with E-state index in [1.54, 1.807) is 19.5 Å². The number of pyridine rings is 1. The zero-order chi connectivity index (χ0) is 20.1. The van der Waals surface area contributed by atoms with E-state index in [1.165, 1.54) is 0 Å². The molecule has 0 aliphatic carbocycles. The van der Waals surface area contributed by atoms with Crippen molar-refractivity contribution in [2.24, 2.45) is 0 Å². The first-order valence-electron chi connectivity index (χ1n) is 8.94. The molecule has 144 valence electrons. The quantitative estimate of drug-likeness (QED) is 0.491. The van der Waals surface area contributed by atoms with Crippen LogP contribution in [0.3, 0.4) is 0 Å². The lowest BCUT2D eigenvalue weighted by molar-refractivity contribution is -0.119. The molecule has 8 heteroatoms. The Morgan fingerprint density at radius 3 is 2.66 bits per heavy atom. The summed E-state index contributed by atoms with van der Waals surface area (Å²) < 4.78 is 5.14. The van der Waals surface area contributed by atoms with Crippen LogP contribution in [0.4, 0.5) is 5.95 Å². The highest BCUT2D eigenvalue weighted by atomic mass is 16.5. The number of aromatic nitrogens is 4. The number of nitrogens with zero attached hydrogens (tertiary/aromatic N) is 4. The van der Waals surface area contributed by atoms with Crippen molar-refractivity contribution in [2.45, 2.75) is 6.42 Å². The molecule has 0 spiro atoms. The van der Waals surface area contributed by atoms with Gasteiger partial charge < -0.3 is 4.74 Å². The lowest BCUT2D eigenvalue weighted by atomic mass is 10.1. The zero-order valence-corrected chi connectivity index (χ0v) is 15.7. The van der Waals surface area contributed by atoms with Crippen LogP contribution in [0.2, 0.25) is 0 Å². The number of nitrogens with one attached hydrogen (secondary N) is 2. The van der Waals surface area contributed by atoms with Crippen LogP contribution in [0, 0.1) is 0 Å². The van der Waals surface area contributed by atoms with Gasteiger partial charge in [0.1, 0.15) is 11.4 Å². The Morgan fingerprint density at radius 1 is 1.03 bits per heavy atom. The van der Waals surface area contributed by atoms with Gasteiger partial charge in [-0.15, -0.1) is 10.2 Å². The number of hydrazine groups is 1. The maximum Gasteiger partial charge on any atom is 0.261 e. The number of amides is 1. The summed E-state index contributed by atoms with van der Waals surface area (Å²) in [6, 6.07) is 17.0. The minimum atomic E-state index is -0.212. The van der Waals surface area contributed by atoms with Gasteiger partial charge in [0.2, 0.25) is 5.91 Å². The molecule has 0 saturated heterocycles. The largest absolute Gasteiger partial charge is 0.497 e. The Labute approximate surface area is 167 Å². The summed E-state index contributed by atoms with van der Waals surface area (Å²) in [5.74, 6) is 0.757. The first-order chi connectivity index (χ1) is 14.2. The molecule has 8 nitrogen and oxygen atoms in total. The second kappa shape index (κ2) is 8.30. The predicted molar refractivity (Wildman–Crippen MR) is 109 cm³/mol. The minimum Gasteiger partial charge on any atom is -0.497 e. The van der Waals surface area contributed by atoms with Crippen molar-refractivity contribution >= 4 is 22.8 Å². The van der Waals surface area contributed by atoms with E-state index in [1.807, 2.05) is 54.6 Å². The molecule has 29 heavy (non-hydrogen) atoms. The number of rotatable bonds is 6. The van der Waals surface area contributed by atoms with Crippen molar-refractivity contribution in [3.05, 3.63) is 72.6 Å². The van der Waals surface area contributed by atoms with Crippen LogP contribution in [0.15, 0.2) is 67.0 Å². The molecule has 2 aromatic carbocycles. The minimum absolute atomic E-state index is 0.207. The smallest absolute Gasteiger partial charge is 0.261 e. The number of fused-ring (bicyclic) bond motifs is 1. The van der Waals surface area contributed by atoms with Gasteiger partial charge in [0.05, 0.1) is 25.2 Å². The fourth-order valence-electron chi connectivity index (χ4n) is 2.82. The van der Waals surface area contributed by atoms with E-state index >= 15 is 0 Å². The summed E-state index contributed by atoms with van der Waals surface area (Å²) in [5.41, 5.74) is 8.54. The summed E-state index contributed by atoms with van der Waals surface area (Å²) in [5, 5.41) is 9.11. The van der Waals surface area contributed by atoms with Crippen molar-refractivity contribution in [1.29, 1.82) is 0 Å². The van der Waals surface area contributed by atoms with Gasteiger partial charge in [-0.1, -0.05) is 12.1 Å². The van der Waals surface area contributed by atoms with Crippen molar-refractivity contribution < 1.29 is 9.53 Å². The van der Waals surface area contributed by atoms with Crippen LogP contribution in [-0.4, -0.2) is 33.2 Å². The van der Waals surface area contributed by atoms with E-state index in [0.717, 1.165) is 27.8 Å². The fourth-order valence-corrected chi connectivity index (χ4v) is 2.82. The van der Waals surface area contributed by atoms with E-state index in [2.05, 4.69) is 31.0 Å². The molecule has 0 aliphatic heterocycles. The molecular weight excluding hydrogens is 368 g/mol. The Balaban J connectivity index is 1.34.